The molecule has 2 heterocycles. The van der Waals surface area contributed by atoms with E-state index in [9.17, 15) is 4.79 Å². The Balaban J connectivity index is 1.80. The molecule has 1 aromatic rings. The van der Waals surface area contributed by atoms with Gasteiger partial charge >= 0.3 is 5.97 Å². The van der Waals surface area contributed by atoms with E-state index in [-0.39, 0.29) is 11.9 Å². The topological polar surface area (TPSA) is 68.5 Å². The second kappa shape index (κ2) is 5.95. The largest absolute Gasteiger partial charge is 0.466 e. The van der Waals surface area contributed by atoms with E-state index in [1.54, 1.807) is 0 Å². The van der Waals surface area contributed by atoms with Crippen LogP contribution in [0.1, 0.15) is 31.2 Å². The molecule has 1 aliphatic heterocycles. The van der Waals surface area contributed by atoms with Gasteiger partial charge in [-0.05, 0) is 39.8 Å². The van der Waals surface area contributed by atoms with Crippen LogP contribution >= 0.6 is 0 Å². The van der Waals surface area contributed by atoms with Crippen molar-refractivity contribution in [3.05, 3.63) is 11.4 Å². The van der Waals surface area contributed by atoms with Crippen molar-refractivity contribution in [1.29, 1.82) is 0 Å². The summed E-state index contributed by atoms with van der Waals surface area (Å²) in [4.78, 5) is 13.9. The summed E-state index contributed by atoms with van der Waals surface area (Å²) >= 11 is 0. The van der Waals surface area contributed by atoms with Crippen molar-refractivity contribution in [1.82, 2.24) is 15.2 Å². The van der Waals surface area contributed by atoms with Crippen LogP contribution in [0.3, 0.4) is 0 Å². The van der Waals surface area contributed by atoms with Gasteiger partial charge in [0.25, 0.3) is 0 Å². The molecule has 1 aromatic heterocycles. The molecule has 0 N–H and O–H groups in total. The molecule has 18 heavy (non-hydrogen) atoms. The second-order valence-corrected chi connectivity index (χ2v) is 4.60. The number of carbonyl (C=O) groups excluding carboxylic acids is 1. The van der Waals surface area contributed by atoms with Crippen LogP contribution in [0.4, 0.5) is 0 Å². The number of likely N-dealkylation sites (tertiary alicyclic amines) is 1. The van der Waals surface area contributed by atoms with Gasteiger partial charge in [-0.2, -0.15) is 0 Å². The molecule has 0 aliphatic carbocycles. The Hall–Kier alpha value is -1.43. The van der Waals surface area contributed by atoms with Gasteiger partial charge in [0.15, 0.2) is 0 Å². The lowest BCUT2D eigenvalue weighted by molar-refractivity contribution is -0.149. The molecule has 0 atom stereocenters. The lowest BCUT2D eigenvalue weighted by atomic mass is 9.97. The second-order valence-electron chi connectivity index (χ2n) is 4.60. The number of esters is 1. The van der Waals surface area contributed by atoms with Crippen molar-refractivity contribution >= 4 is 5.97 Å². The minimum absolute atomic E-state index is 0.0535. The normalized spacial score (nSPS) is 17.9. The maximum atomic E-state index is 11.6. The predicted molar refractivity (Wildman–Crippen MR) is 63.7 cm³/mol. The van der Waals surface area contributed by atoms with Crippen molar-refractivity contribution in [2.24, 2.45) is 5.92 Å². The Kier molecular flexibility index (Phi) is 4.30. The maximum absolute atomic E-state index is 11.6. The Morgan fingerprint density at radius 1 is 1.44 bits per heavy atom. The number of nitrogens with zero attached hydrogens (tertiary/aromatic N) is 3. The Morgan fingerprint density at radius 2 is 2.17 bits per heavy atom. The number of rotatable bonds is 4. The van der Waals surface area contributed by atoms with E-state index in [1.165, 1.54) is 0 Å². The highest BCUT2D eigenvalue weighted by atomic mass is 16.6. The molecular formula is C12H19N3O3. The van der Waals surface area contributed by atoms with E-state index in [4.69, 9.17) is 4.74 Å². The lowest BCUT2D eigenvalue weighted by Gasteiger charge is -2.30. The van der Waals surface area contributed by atoms with Crippen LogP contribution in [0.15, 0.2) is 4.63 Å². The predicted octanol–water partition coefficient (Wildman–Crippen LogP) is 1.15. The van der Waals surface area contributed by atoms with Crippen molar-refractivity contribution in [3.63, 3.8) is 0 Å². The fourth-order valence-electron chi connectivity index (χ4n) is 2.19. The number of aromatic nitrogens is 2. The molecule has 0 amide bonds. The highest BCUT2D eigenvalue weighted by Crippen LogP contribution is 2.20. The summed E-state index contributed by atoms with van der Waals surface area (Å²) < 4.78 is 9.72. The van der Waals surface area contributed by atoms with Gasteiger partial charge in [0.05, 0.1) is 12.5 Å². The smallest absolute Gasteiger partial charge is 0.309 e. The Morgan fingerprint density at radius 3 is 2.72 bits per heavy atom. The van der Waals surface area contributed by atoms with Crippen molar-refractivity contribution in [2.45, 2.75) is 33.2 Å². The van der Waals surface area contributed by atoms with Crippen LogP contribution in [0.2, 0.25) is 0 Å². The highest BCUT2D eigenvalue weighted by molar-refractivity contribution is 5.72. The van der Waals surface area contributed by atoms with E-state index in [2.05, 4.69) is 19.8 Å². The first-order valence-electron chi connectivity index (χ1n) is 6.37. The quantitative estimate of drug-likeness (QED) is 0.750. The summed E-state index contributed by atoms with van der Waals surface area (Å²) in [5.41, 5.74) is 1.71. The van der Waals surface area contributed by atoms with Gasteiger partial charge in [-0.15, -0.1) is 0 Å². The third-order valence-corrected chi connectivity index (χ3v) is 3.33. The minimum Gasteiger partial charge on any atom is -0.466 e. The summed E-state index contributed by atoms with van der Waals surface area (Å²) in [6.07, 6.45) is 1.70. The fraction of sp³-hybridized carbons (Fsp3) is 0.750. The molecule has 2 rings (SSSR count). The summed E-state index contributed by atoms with van der Waals surface area (Å²) in [5, 5.41) is 7.64. The first-order valence-corrected chi connectivity index (χ1v) is 6.37. The van der Waals surface area contributed by atoms with Gasteiger partial charge in [-0.25, -0.2) is 4.63 Å². The molecule has 0 radical (unpaired) electrons. The van der Waals surface area contributed by atoms with Gasteiger partial charge in [0.1, 0.15) is 11.4 Å². The maximum Gasteiger partial charge on any atom is 0.309 e. The van der Waals surface area contributed by atoms with E-state index in [1.807, 2.05) is 13.8 Å². The van der Waals surface area contributed by atoms with Gasteiger partial charge in [-0.3, -0.25) is 9.69 Å². The zero-order chi connectivity index (χ0) is 13.0. The lowest BCUT2D eigenvalue weighted by Crippen LogP contribution is -2.36. The number of aryl methyl sites for hydroxylation is 1. The summed E-state index contributed by atoms with van der Waals surface area (Å²) in [6.45, 7) is 6.70. The monoisotopic (exact) mass is 253 g/mol. The van der Waals surface area contributed by atoms with Crippen molar-refractivity contribution < 1.29 is 14.2 Å². The number of hydrogen-bond donors (Lipinski definition) is 0. The molecule has 100 valence electrons. The zero-order valence-corrected chi connectivity index (χ0v) is 10.9. The van der Waals surface area contributed by atoms with Crippen LogP contribution in [0.5, 0.6) is 0 Å². The van der Waals surface area contributed by atoms with Crippen LogP contribution in [0, 0.1) is 12.8 Å². The average molecular weight is 253 g/mol. The summed E-state index contributed by atoms with van der Waals surface area (Å²) in [5.74, 6) is -0.00540. The Bertz CT molecular complexity index is 397. The summed E-state index contributed by atoms with van der Waals surface area (Å²) in [7, 11) is 0. The first-order chi connectivity index (χ1) is 8.70. The molecule has 6 heteroatoms. The van der Waals surface area contributed by atoms with Gasteiger partial charge in [0.2, 0.25) is 0 Å². The number of hydrogen-bond acceptors (Lipinski definition) is 6. The van der Waals surface area contributed by atoms with Crippen LogP contribution < -0.4 is 0 Å². The van der Waals surface area contributed by atoms with E-state index in [0.29, 0.717) is 6.61 Å². The van der Waals surface area contributed by atoms with Crippen molar-refractivity contribution in [3.8, 4) is 0 Å². The Labute approximate surface area is 106 Å². The third kappa shape index (κ3) is 3.07. The van der Waals surface area contributed by atoms with E-state index >= 15 is 0 Å². The molecule has 6 nitrogen and oxygen atoms in total. The standard InChI is InChI=1S/C12H19N3O3/c1-3-17-12(16)10-4-6-15(7-5-10)8-11-9(2)13-18-14-11/h10H,3-8H2,1-2H3. The number of piperidine rings is 1. The molecule has 1 aliphatic rings. The third-order valence-electron chi connectivity index (χ3n) is 3.33. The minimum atomic E-state index is -0.0589. The van der Waals surface area contributed by atoms with Crippen LogP contribution in [-0.4, -0.2) is 40.9 Å². The molecule has 0 bridgehead atoms. The highest BCUT2D eigenvalue weighted by Gasteiger charge is 2.26. The summed E-state index contributed by atoms with van der Waals surface area (Å²) in [6, 6.07) is 0. The van der Waals surface area contributed by atoms with Gasteiger partial charge in [-0.1, -0.05) is 10.3 Å². The molecule has 0 unspecified atom stereocenters. The SMILES string of the molecule is CCOC(=O)C1CCN(Cc2nonc2C)CC1. The zero-order valence-electron chi connectivity index (χ0n) is 10.9. The van der Waals surface area contributed by atoms with Crippen LogP contribution in [-0.2, 0) is 16.1 Å². The molecule has 1 fully saturated rings. The molecule has 0 aromatic carbocycles. The van der Waals surface area contributed by atoms with E-state index < -0.39 is 0 Å². The van der Waals surface area contributed by atoms with Gasteiger partial charge in [0, 0.05) is 6.54 Å². The number of ether oxygens (including phenoxy) is 1. The average Bonchev–Trinajstić information content (AvgIpc) is 2.76. The van der Waals surface area contributed by atoms with Crippen LogP contribution in [0.25, 0.3) is 0 Å². The first kappa shape index (κ1) is 13.0. The van der Waals surface area contributed by atoms with Gasteiger partial charge < -0.3 is 4.74 Å². The van der Waals surface area contributed by atoms with E-state index in [0.717, 1.165) is 43.9 Å². The fourth-order valence-corrected chi connectivity index (χ4v) is 2.19. The molecule has 0 saturated carbocycles. The number of carbonyl (C=O) groups is 1. The van der Waals surface area contributed by atoms with Crippen molar-refractivity contribution in [2.75, 3.05) is 19.7 Å². The molecule has 0 spiro atoms. The molecule has 1 saturated heterocycles. The molecular weight excluding hydrogens is 234 g/mol.